The molecule has 6 nitrogen and oxygen atoms in total. The summed E-state index contributed by atoms with van der Waals surface area (Å²) in [5.74, 6) is 1.28. The number of methoxy groups -OCH3 is 1. The number of carbonyl (C=O) groups is 1. The highest BCUT2D eigenvalue weighted by atomic mass is 16.5. The molecule has 1 spiro atoms. The summed E-state index contributed by atoms with van der Waals surface area (Å²) in [5.41, 5.74) is 7.18. The Morgan fingerprint density at radius 1 is 1.10 bits per heavy atom. The van der Waals surface area contributed by atoms with Crippen LogP contribution in [0.4, 0.5) is 0 Å². The van der Waals surface area contributed by atoms with Crippen LogP contribution in [0.2, 0.25) is 0 Å². The number of piperidine rings is 1. The van der Waals surface area contributed by atoms with Gasteiger partial charge in [0.15, 0.2) is 0 Å². The molecule has 1 saturated heterocycles. The highest BCUT2D eigenvalue weighted by Gasteiger charge is 2.64. The van der Waals surface area contributed by atoms with E-state index in [4.69, 9.17) is 14.7 Å². The van der Waals surface area contributed by atoms with Gasteiger partial charge in [-0.1, -0.05) is 54.6 Å². The molecule has 7 rings (SSSR count). The number of hydrogen-bond donors (Lipinski definition) is 1. The number of carbonyl (C=O) groups excluding carboxylic acids is 1. The van der Waals surface area contributed by atoms with Crippen molar-refractivity contribution in [3.8, 4) is 22.9 Å². The lowest BCUT2D eigenvalue weighted by molar-refractivity contribution is -0.0308. The van der Waals surface area contributed by atoms with Gasteiger partial charge in [0.1, 0.15) is 11.9 Å². The topological polar surface area (TPSA) is 74.6 Å². The number of hydrogen-bond acceptors (Lipinski definition) is 5. The number of nitriles is 1. The van der Waals surface area contributed by atoms with Crippen molar-refractivity contribution in [2.45, 2.75) is 36.8 Å². The first-order valence-corrected chi connectivity index (χ1v) is 14.6. The van der Waals surface area contributed by atoms with E-state index < -0.39 is 0 Å². The summed E-state index contributed by atoms with van der Waals surface area (Å²) in [4.78, 5) is 16.1. The van der Waals surface area contributed by atoms with Crippen LogP contribution in [0.15, 0.2) is 72.8 Å². The van der Waals surface area contributed by atoms with E-state index in [-0.39, 0.29) is 23.3 Å². The molecule has 5 unspecified atom stereocenters. The van der Waals surface area contributed by atoms with Gasteiger partial charge in [0.25, 0.3) is 5.91 Å². The zero-order valence-electron chi connectivity index (χ0n) is 23.6. The van der Waals surface area contributed by atoms with E-state index in [1.54, 1.807) is 7.11 Å². The summed E-state index contributed by atoms with van der Waals surface area (Å²) < 4.78 is 12.4. The van der Waals surface area contributed by atoms with Gasteiger partial charge in [-0.2, -0.15) is 5.26 Å². The maximum atomic E-state index is 13.6. The monoisotopic (exact) mass is 545 g/mol. The number of ether oxygens (including phenoxy) is 2. The molecular weight excluding hydrogens is 510 g/mol. The third kappa shape index (κ3) is 4.10. The van der Waals surface area contributed by atoms with Crippen LogP contribution in [0.3, 0.4) is 0 Å². The summed E-state index contributed by atoms with van der Waals surface area (Å²) in [6, 6.07) is 22.8. The molecule has 6 heteroatoms. The average molecular weight is 546 g/mol. The highest BCUT2D eigenvalue weighted by Crippen LogP contribution is 2.62. The van der Waals surface area contributed by atoms with E-state index in [2.05, 4.69) is 65.8 Å². The quantitative estimate of drug-likeness (QED) is 0.428. The molecular formula is C35H35N3O3. The minimum absolute atomic E-state index is 0.00808. The molecule has 1 N–H and O–H groups in total. The Balaban J connectivity index is 1.09. The summed E-state index contributed by atoms with van der Waals surface area (Å²) >= 11 is 0. The first-order chi connectivity index (χ1) is 20.0. The Bertz CT molecular complexity index is 1560. The summed E-state index contributed by atoms with van der Waals surface area (Å²) in [7, 11) is 3.99. The van der Waals surface area contributed by atoms with Gasteiger partial charge in [-0.15, -0.1) is 0 Å². The fourth-order valence-electron chi connectivity index (χ4n) is 7.91. The fourth-order valence-corrected chi connectivity index (χ4v) is 7.91. The predicted octanol–water partition coefficient (Wildman–Crippen LogP) is 4.91. The van der Waals surface area contributed by atoms with Crippen LogP contribution >= 0.6 is 0 Å². The van der Waals surface area contributed by atoms with Crippen molar-refractivity contribution >= 4 is 5.91 Å². The van der Waals surface area contributed by atoms with E-state index >= 15 is 0 Å². The Morgan fingerprint density at radius 3 is 2.59 bits per heavy atom. The Kier molecular flexibility index (Phi) is 6.45. The van der Waals surface area contributed by atoms with Gasteiger partial charge in [0, 0.05) is 42.5 Å². The van der Waals surface area contributed by atoms with Crippen molar-refractivity contribution in [3.05, 3.63) is 101 Å². The second kappa shape index (κ2) is 10.2. The van der Waals surface area contributed by atoms with E-state index in [0.29, 0.717) is 36.2 Å². The standard InChI is InChI=1S/C35H35N3O3/c1-38-18-16-35-29-14-12-27(21-40-2)33(35)41-32-28(13-11-26(31(32)35)19-30(29)38)34(39)37-17-15-22-3-7-24(8-4-22)25-9-5-23(20-36)6-10-25/h3-14,27,29-30,33H,15-19,21H2,1-2H3,(H,37,39). The van der Waals surface area contributed by atoms with Gasteiger partial charge in [0.05, 0.1) is 23.8 Å². The number of likely N-dealkylation sites (tertiary alicyclic amines) is 1. The largest absolute Gasteiger partial charge is 0.488 e. The van der Waals surface area contributed by atoms with Gasteiger partial charge in [0.2, 0.25) is 0 Å². The molecule has 2 aliphatic heterocycles. The lowest BCUT2D eigenvalue weighted by atomic mass is 9.52. The van der Waals surface area contributed by atoms with Crippen molar-refractivity contribution in [1.82, 2.24) is 10.2 Å². The molecule has 4 aliphatic rings. The number of nitrogens with one attached hydrogen (secondary N) is 1. The summed E-state index contributed by atoms with van der Waals surface area (Å²) in [6.07, 6.45) is 7.47. The van der Waals surface area contributed by atoms with Crippen molar-refractivity contribution in [3.63, 3.8) is 0 Å². The fraction of sp³-hybridized carbons (Fsp3) is 0.371. The zero-order chi connectivity index (χ0) is 28.1. The SMILES string of the molecule is COCC1C=CC2C3Cc4ccc(C(=O)NCCc5ccc(-c6ccc(C#N)cc6)cc5)c5c4C2(CCN3C)C1O5. The summed E-state index contributed by atoms with van der Waals surface area (Å²) in [5, 5.41) is 12.2. The summed E-state index contributed by atoms with van der Waals surface area (Å²) in [6.45, 7) is 2.20. The molecule has 1 fully saturated rings. The van der Waals surface area contributed by atoms with Gasteiger partial charge in [-0.3, -0.25) is 4.79 Å². The number of rotatable bonds is 7. The second-order valence-corrected chi connectivity index (χ2v) is 12.0. The lowest BCUT2D eigenvalue weighted by Crippen LogP contribution is -2.64. The van der Waals surface area contributed by atoms with E-state index in [1.807, 2.05) is 30.3 Å². The van der Waals surface area contributed by atoms with E-state index in [1.165, 1.54) is 11.1 Å². The van der Waals surface area contributed by atoms with Crippen molar-refractivity contribution in [2.75, 3.05) is 33.9 Å². The van der Waals surface area contributed by atoms with Gasteiger partial charge >= 0.3 is 0 Å². The minimum atomic E-state index is -0.0923. The second-order valence-electron chi connectivity index (χ2n) is 12.0. The van der Waals surface area contributed by atoms with Crippen LogP contribution in [0, 0.1) is 23.2 Å². The Morgan fingerprint density at radius 2 is 1.85 bits per heavy atom. The van der Waals surface area contributed by atoms with Crippen LogP contribution in [0.5, 0.6) is 5.75 Å². The van der Waals surface area contributed by atoms with Crippen LogP contribution in [-0.2, 0) is 23.0 Å². The normalized spacial score (nSPS) is 27.0. The van der Waals surface area contributed by atoms with Gasteiger partial charge in [-0.05, 0) is 73.3 Å². The van der Waals surface area contributed by atoms with Gasteiger partial charge < -0.3 is 19.7 Å². The Labute approximate surface area is 241 Å². The molecule has 1 amide bonds. The van der Waals surface area contributed by atoms with Crippen LogP contribution in [0.1, 0.15) is 39.0 Å². The molecule has 3 aromatic carbocycles. The molecule has 0 aromatic heterocycles. The third-order valence-electron chi connectivity index (χ3n) is 9.90. The minimum Gasteiger partial charge on any atom is -0.488 e. The lowest BCUT2D eigenvalue weighted by Gasteiger charge is -2.57. The molecule has 5 atom stereocenters. The van der Waals surface area contributed by atoms with Crippen LogP contribution < -0.4 is 10.1 Å². The van der Waals surface area contributed by atoms with E-state index in [9.17, 15) is 4.79 Å². The number of amides is 1. The number of nitrogens with zero attached hydrogens (tertiary/aromatic N) is 2. The number of benzene rings is 3. The average Bonchev–Trinajstić information content (AvgIpc) is 3.35. The molecule has 2 bridgehead atoms. The molecule has 2 aliphatic carbocycles. The van der Waals surface area contributed by atoms with Crippen LogP contribution in [-0.4, -0.2) is 56.8 Å². The Hall–Kier alpha value is -3.92. The molecule has 208 valence electrons. The highest BCUT2D eigenvalue weighted by molar-refractivity contribution is 5.98. The maximum absolute atomic E-state index is 13.6. The van der Waals surface area contributed by atoms with Crippen molar-refractivity contribution in [2.24, 2.45) is 11.8 Å². The van der Waals surface area contributed by atoms with E-state index in [0.717, 1.165) is 48.2 Å². The van der Waals surface area contributed by atoms with Crippen molar-refractivity contribution in [1.29, 1.82) is 5.26 Å². The molecule has 0 radical (unpaired) electrons. The predicted molar refractivity (Wildman–Crippen MR) is 158 cm³/mol. The van der Waals surface area contributed by atoms with Gasteiger partial charge in [-0.25, -0.2) is 0 Å². The molecule has 41 heavy (non-hydrogen) atoms. The van der Waals surface area contributed by atoms with Crippen molar-refractivity contribution < 1.29 is 14.3 Å². The first kappa shape index (κ1) is 26.0. The maximum Gasteiger partial charge on any atom is 0.255 e. The zero-order valence-corrected chi connectivity index (χ0v) is 23.6. The first-order valence-electron chi connectivity index (χ1n) is 14.6. The molecule has 0 saturated carbocycles. The number of likely N-dealkylation sites (N-methyl/N-ethyl adjacent to an activating group) is 1. The van der Waals surface area contributed by atoms with Crippen LogP contribution in [0.25, 0.3) is 11.1 Å². The third-order valence-corrected chi connectivity index (χ3v) is 9.90. The molecule has 3 aromatic rings. The molecule has 2 heterocycles. The smallest absolute Gasteiger partial charge is 0.255 e.